The van der Waals surface area contributed by atoms with E-state index in [1.807, 2.05) is 48.5 Å². The Labute approximate surface area is 171 Å². The molecule has 0 bridgehead atoms. The summed E-state index contributed by atoms with van der Waals surface area (Å²) in [6, 6.07) is 17.9. The summed E-state index contributed by atoms with van der Waals surface area (Å²) in [5.41, 5.74) is 1.72. The third-order valence-corrected chi connectivity index (χ3v) is 5.62. The molecule has 0 aromatic heterocycles. The van der Waals surface area contributed by atoms with Gasteiger partial charge < -0.3 is 14.2 Å². The van der Waals surface area contributed by atoms with Crippen LogP contribution in [0.1, 0.15) is 17.0 Å². The number of hydrogen-bond donors (Lipinski definition) is 1. The monoisotopic (exact) mass is 436 g/mol. The fourth-order valence-electron chi connectivity index (χ4n) is 3.75. The maximum Gasteiger partial charge on any atom is 0.205 e. The van der Waals surface area contributed by atoms with E-state index in [-0.39, 0.29) is 11.8 Å². The molecule has 3 aromatic rings. The highest BCUT2D eigenvalue weighted by Gasteiger charge is 2.38. The molecule has 1 heterocycles. The van der Waals surface area contributed by atoms with Gasteiger partial charge in [0.15, 0.2) is 11.5 Å². The van der Waals surface area contributed by atoms with Gasteiger partial charge in [-0.15, -0.1) is 0 Å². The Morgan fingerprint density at radius 2 is 1.89 bits per heavy atom. The van der Waals surface area contributed by atoms with E-state index in [0.717, 1.165) is 26.4 Å². The fraction of sp³-hybridized carbons (Fsp3) is 0.182. The number of nitrogens with zero attached hydrogens (tertiary/aromatic N) is 1. The van der Waals surface area contributed by atoms with Crippen molar-refractivity contribution >= 4 is 32.6 Å². The highest BCUT2D eigenvalue weighted by atomic mass is 79.9. The normalized spacial score (nSPS) is 18.1. The largest absolute Gasteiger partial charge is 0.493 e. The molecule has 0 radical (unpaired) electrons. The van der Waals surface area contributed by atoms with Gasteiger partial charge >= 0.3 is 0 Å². The summed E-state index contributed by atoms with van der Waals surface area (Å²) in [7, 11) is 3.15. The Balaban J connectivity index is 1.98. The van der Waals surface area contributed by atoms with E-state index in [2.05, 4.69) is 22.0 Å². The topological polar surface area (TPSA) is 75.3 Å². The van der Waals surface area contributed by atoms with Gasteiger partial charge in [-0.05, 0) is 39.0 Å². The molecule has 28 heavy (non-hydrogen) atoms. The van der Waals surface area contributed by atoms with Gasteiger partial charge in [0.25, 0.3) is 0 Å². The predicted molar refractivity (Wildman–Crippen MR) is 110 cm³/mol. The molecule has 1 aliphatic rings. The Bertz CT molecular complexity index is 1140. The number of hydrogen-bond acceptors (Lipinski definition) is 5. The lowest BCUT2D eigenvalue weighted by Gasteiger charge is -2.31. The van der Waals surface area contributed by atoms with Crippen LogP contribution in [0.2, 0.25) is 0 Å². The maximum absolute atomic E-state index is 9.79. The third-order valence-electron chi connectivity index (χ3n) is 5.03. The van der Waals surface area contributed by atoms with Crippen molar-refractivity contribution < 1.29 is 14.2 Å². The van der Waals surface area contributed by atoms with Crippen molar-refractivity contribution in [2.45, 2.75) is 5.92 Å². The van der Waals surface area contributed by atoms with Gasteiger partial charge in [0.2, 0.25) is 5.90 Å². The van der Waals surface area contributed by atoms with E-state index >= 15 is 0 Å². The van der Waals surface area contributed by atoms with Crippen LogP contribution in [0.5, 0.6) is 17.2 Å². The van der Waals surface area contributed by atoms with Crippen molar-refractivity contribution in [3.63, 3.8) is 0 Å². The van der Waals surface area contributed by atoms with Crippen LogP contribution in [0.15, 0.2) is 53.0 Å². The van der Waals surface area contributed by atoms with Crippen molar-refractivity contribution in [2.24, 2.45) is 5.92 Å². The number of halogens is 1. The number of nitriles is 1. The molecule has 3 aromatic carbocycles. The number of methoxy groups -OCH3 is 2. The first-order valence-corrected chi connectivity index (χ1v) is 9.47. The van der Waals surface area contributed by atoms with Gasteiger partial charge in [0.05, 0.1) is 24.8 Å². The van der Waals surface area contributed by atoms with Gasteiger partial charge in [-0.25, -0.2) is 0 Å². The summed E-state index contributed by atoms with van der Waals surface area (Å²) in [5, 5.41) is 20.1. The van der Waals surface area contributed by atoms with Crippen LogP contribution < -0.4 is 14.2 Å². The van der Waals surface area contributed by atoms with Crippen molar-refractivity contribution in [3.8, 4) is 23.3 Å². The Hall–Kier alpha value is -3.04. The zero-order chi connectivity index (χ0) is 19.8. The molecule has 0 spiro atoms. The summed E-state index contributed by atoms with van der Waals surface area (Å²) in [6.07, 6.45) is 0. The van der Waals surface area contributed by atoms with E-state index in [4.69, 9.17) is 19.6 Å². The minimum atomic E-state index is -0.737. The lowest BCUT2D eigenvalue weighted by atomic mass is 9.78. The standard InChI is InChI=1S/C22H17BrN2O3/c1-26-18-10-13(9-17(23)21(18)27-2)19-15-8-7-12-5-3-4-6-14(12)20(15)28-22(25)16(19)11-24/h3-10,16,19,25H,1-2H3. The molecule has 0 fully saturated rings. The van der Waals surface area contributed by atoms with Crippen LogP contribution in [0.4, 0.5) is 0 Å². The van der Waals surface area contributed by atoms with Gasteiger partial charge in [0.1, 0.15) is 11.7 Å². The van der Waals surface area contributed by atoms with Crippen LogP contribution >= 0.6 is 15.9 Å². The summed E-state index contributed by atoms with van der Waals surface area (Å²) in [5.74, 6) is 0.623. The Kier molecular flexibility index (Phi) is 4.70. The number of fused-ring (bicyclic) bond motifs is 3. The number of benzene rings is 3. The molecule has 0 aliphatic carbocycles. The summed E-state index contributed by atoms with van der Waals surface area (Å²) in [4.78, 5) is 0. The minimum Gasteiger partial charge on any atom is -0.493 e. The van der Waals surface area contributed by atoms with Gasteiger partial charge in [0, 0.05) is 16.9 Å². The average molecular weight is 437 g/mol. The average Bonchev–Trinajstić information content (AvgIpc) is 2.72. The van der Waals surface area contributed by atoms with Crippen molar-refractivity contribution in [3.05, 3.63) is 64.1 Å². The van der Waals surface area contributed by atoms with Gasteiger partial charge in [-0.3, -0.25) is 5.41 Å². The maximum atomic E-state index is 9.79. The third kappa shape index (κ3) is 2.79. The second kappa shape index (κ2) is 7.17. The second-order valence-electron chi connectivity index (χ2n) is 6.49. The summed E-state index contributed by atoms with van der Waals surface area (Å²) in [6.45, 7) is 0. The highest BCUT2D eigenvalue weighted by Crippen LogP contribution is 2.48. The molecule has 140 valence electrons. The molecule has 1 N–H and O–H groups in total. The summed E-state index contributed by atoms with van der Waals surface area (Å²) >= 11 is 3.53. The number of rotatable bonds is 3. The molecule has 2 atom stereocenters. The number of ether oxygens (including phenoxy) is 3. The molecule has 2 unspecified atom stereocenters. The van der Waals surface area contributed by atoms with Gasteiger partial charge in [-0.1, -0.05) is 36.4 Å². The van der Waals surface area contributed by atoms with E-state index in [1.165, 1.54) is 0 Å². The lowest BCUT2D eigenvalue weighted by Crippen LogP contribution is -2.31. The van der Waals surface area contributed by atoms with Crippen LogP contribution in [0, 0.1) is 22.7 Å². The lowest BCUT2D eigenvalue weighted by molar-refractivity contribution is 0.352. The smallest absolute Gasteiger partial charge is 0.205 e. The quantitative estimate of drug-likeness (QED) is 0.607. The highest BCUT2D eigenvalue weighted by molar-refractivity contribution is 9.10. The van der Waals surface area contributed by atoms with Crippen molar-refractivity contribution in [1.29, 1.82) is 10.7 Å². The fourth-order valence-corrected chi connectivity index (χ4v) is 4.37. The molecule has 6 heteroatoms. The van der Waals surface area contributed by atoms with E-state index in [1.54, 1.807) is 14.2 Å². The van der Waals surface area contributed by atoms with Crippen LogP contribution in [-0.4, -0.2) is 20.1 Å². The van der Waals surface area contributed by atoms with Crippen molar-refractivity contribution in [2.75, 3.05) is 14.2 Å². The molecule has 0 saturated carbocycles. The van der Waals surface area contributed by atoms with Crippen LogP contribution in [0.25, 0.3) is 10.8 Å². The first-order valence-electron chi connectivity index (χ1n) is 8.68. The Morgan fingerprint density at radius 1 is 1.11 bits per heavy atom. The first kappa shape index (κ1) is 18.3. The van der Waals surface area contributed by atoms with E-state index in [9.17, 15) is 5.26 Å². The second-order valence-corrected chi connectivity index (χ2v) is 7.35. The zero-order valence-electron chi connectivity index (χ0n) is 15.3. The van der Waals surface area contributed by atoms with E-state index in [0.29, 0.717) is 17.2 Å². The SMILES string of the molecule is COc1cc(C2c3ccc4ccccc4c3OC(=N)C2C#N)cc(Br)c1OC. The number of nitrogens with one attached hydrogen (secondary N) is 1. The summed E-state index contributed by atoms with van der Waals surface area (Å²) < 4.78 is 17.4. The zero-order valence-corrected chi connectivity index (χ0v) is 16.9. The molecular formula is C22H17BrN2O3. The Morgan fingerprint density at radius 3 is 2.61 bits per heavy atom. The molecule has 5 nitrogen and oxygen atoms in total. The molecule has 0 saturated heterocycles. The molecular weight excluding hydrogens is 420 g/mol. The molecule has 1 aliphatic heterocycles. The minimum absolute atomic E-state index is 0.0535. The van der Waals surface area contributed by atoms with Crippen molar-refractivity contribution in [1.82, 2.24) is 0 Å². The van der Waals surface area contributed by atoms with Gasteiger partial charge in [-0.2, -0.15) is 5.26 Å². The van der Waals surface area contributed by atoms with E-state index < -0.39 is 5.92 Å². The van der Waals surface area contributed by atoms with Crippen LogP contribution in [-0.2, 0) is 0 Å². The van der Waals surface area contributed by atoms with Crippen LogP contribution in [0.3, 0.4) is 0 Å². The molecule has 0 amide bonds. The predicted octanol–water partition coefficient (Wildman–Crippen LogP) is 5.26. The molecule has 4 rings (SSSR count). The first-order chi connectivity index (χ1) is 13.6.